The minimum atomic E-state index is -0.196. The Morgan fingerprint density at radius 1 is 0.667 bits per heavy atom. The number of aryl methyl sites for hydroxylation is 3. The Morgan fingerprint density at radius 3 is 1.59 bits per heavy atom. The van der Waals surface area contributed by atoms with Crippen LogP contribution in [0, 0.1) is 0 Å². The summed E-state index contributed by atoms with van der Waals surface area (Å²) in [5, 5.41) is 0. The van der Waals surface area contributed by atoms with Gasteiger partial charge in [0.25, 0.3) is 0 Å². The molecule has 0 bridgehead atoms. The van der Waals surface area contributed by atoms with Crippen molar-refractivity contribution < 1.29 is 9.53 Å². The van der Waals surface area contributed by atoms with E-state index in [1.807, 2.05) is 24.3 Å². The summed E-state index contributed by atoms with van der Waals surface area (Å²) in [6.45, 7) is 4.27. The minimum absolute atomic E-state index is 0.196. The van der Waals surface area contributed by atoms with Gasteiger partial charge in [0.2, 0.25) is 0 Å². The van der Waals surface area contributed by atoms with E-state index in [0.717, 1.165) is 18.4 Å². The summed E-state index contributed by atoms with van der Waals surface area (Å²) < 4.78 is 5.41. The van der Waals surface area contributed by atoms with Crippen LogP contribution >= 0.6 is 0 Å². The van der Waals surface area contributed by atoms with Gasteiger partial charge in [0.05, 0.1) is 0 Å². The second-order valence-electron chi connectivity index (χ2n) is 6.72. The Kier molecular flexibility index (Phi) is 6.43. The normalized spacial score (nSPS) is 10.6. The Balaban J connectivity index is 1.53. The summed E-state index contributed by atoms with van der Waals surface area (Å²) in [7, 11) is 0. The lowest BCUT2D eigenvalue weighted by atomic mass is 10.0. The van der Waals surface area contributed by atoms with Crippen LogP contribution in [0.15, 0.2) is 72.8 Å². The average molecular weight is 358 g/mol. The van der Waals surface area contributed by atoms with E-state index >= 15 is 0 Å². The second kappa shape index (κ2) is 9.18. The molecule has 0 unspecified atom stereocenters. The van der Waals surface area contributed by atoms with Gasteiger partial charge in [-0.2, -0.15) is 0 Å². The zero-order chi connectivity index (χ0) is 19.1. The van der Waals surface area contributed by atoms with Gasteiger partial charge in [0.1, 0.15) is 5.75 Å². The standard InChI is InChI=1S/C25H26O2/c1-3-19-5-12-22(13-6-19)23-14-7-21(8-15-23)11-18-25(26)27-24-16-9-20(4-2)10-17-24/h5-10,12-17H,3-4,11,18H2,1-2H3. The van der Waals surface area contributed by atoms with Gasteiger partial charge in [0, 0.05) is 6.42 Å². The average Bonchev–Trinajstić information content (AvgIpc) is 2.73. The number of carbonyl (C=O) groups is 1. The summed E-state index contributed by atoms with van der Waals surface area (Å²) in [5.41, 5.74) is 6.13. The van der Waals surface area contributed by atoms with Gasteiger partial charge < -0.3 is 4.74 Å². The molecule has 0 radical (unpaired) electrons. The number of hydrogen-bond donors (Lipinski definition) is 0. The van der Waals surface area contributed by atoms with Crippen LogP contribution in [-0.4, -0.2) is 5.97 Å². The van der Waals surface area contributed by atoms with Gasteiger partial charge in [-0.05, 0) is 59.2 Å². The first-order valence-corrected chi connectivity index (χ1v) is 9.65. The van der Waals surface area contributed by atoms with Gasteiger partial charge in [-0.15, -0.1) is 0 Å². The molecule has 0 aliphatic carbocycles. The number of ether oxygens (including phenoxy) is 1. The Hall–Kier alpha value is -2.87. The third-order valence-electron chi connectivity index (χ3n) is 4.83. The van der Waals surface area contributed by atoms with Crippen molar-refractivity contribution in [1.29, 1.82) is 0 Å². The van der Waals surface area contributed by atoms with Crippen LogP contribution in [0.5, 0.6) is 5.75 Å². The van der Waals surface area contributed by atoms with Crippen molar-refractivity contribution in [1.82, 2.24) is 0 Å². The topological polar surface area (TPSA) is 26.3 Å². The molecule has 0 heterocycles. The van der Waals surface area contributed by atoms with Gasteiger partial charge in [-0.25, -0.2) is 0 Å². The molecular weight excluding hydrogens is 332 g/mol. The van der Waals surface area contributed by atoms with E-state index in [-0.39, 0.29) is 5.97 Å². The van der Waals surface area contributed by atoms with Gasteiger partial charge in [0.15, 0.2) is 0 Å². The quantitative estimate of drug-likeness (QED) is 0.381. The highest BCUT2D eigenvalue weighted by atomic mass is 16.5. The van der Waals surface area contributed by atoms with E-state index < -0.39 is 0 Å². The van der Waals surface area contributed by atoms with Crippen LogP contribution in [-0.2, 0) is 24.1 Å². The molecule has 0 N–H and O–H groups in total. The molecule has 2 nitrogen and oxygen atoms in total. The summed E-state index contributed by atoms with van der Waals surface area (Å²) in [4.78, 5) is 12.1. The van der Waals surface area contributed by atoms with Crippen molar-refractivity contribution in [2.45, 2.75) is 39.5 Å². The Bertz CT molecular complexity index is 860. The number of rotatable bonds is 7. The molecule has 138 valence electrons. The van der Waals surface area contributed by atoms with E-state index in [1.54, 1.807) is 0 Å². The van der Waals surface area contributed by atoms with Gasteiger partial charge in [-0.1, -0.05) is 74.5 Å². The van der Waals surface area contributed by atoms with Crippen molar-refractivity contribution >= 4 is 5.97 Å². The first-order chi connectivity index (χ1) is 13.2. The maximum absolute atomic E-state index is 12.1. The highest BCUT2D eigenvalue weighted by molar-refractivity contribution is 5.72. The summed E-state index contributed by atoms with van der Waals surface area (Å²) >= 11 is 0. The largest absolute Gasteiger partial charge is 0.427 e. The van der Waals surface area contributed by atoms with Gasteiger partial charge >= 0.3 is 5.97 Å². The highest BCUT2D eigenvalue weighted by Gasteiger charge is 2.06. The fraction of sp³-hybridized carbons (Fsp3) is 0.240. The molecule has 0 amide bonds. The lowest BCUT2D eigenvalue weighted by Gasteiger charge is -2.07. The van der Waals surface area contributed by atoms with Crippen LogP contribution in [0.4, 0.5) is 0 Å². The molecule has 0 aliphatic heterocycles. The third kappa shape index (κ3) is 5.30. The van der Waals surface area contributed by atoms with Crippen LogP contribution in [0.3, 0.4) is 0 Å². The van der Waals surface area contributed by atoms with Crippen LogP contribution < -0.4 is 4.74 Å². The zero-order valence-electron chi connectivity index (χ0n) is 16.1. The van der Waals surface area contributed by atoms with Gasteiger partial charge in [-0.3, -0.25) is 4.79 Å². The zero-order valence-corrected chi connectivity index (χ0v) is 16.1. The van der Waals surface area contributed by atoms with Crippen molar-refractivity contribution in [2.75, 3.05) is 0 Å². The fourth-order valence-corrected chi connectivity index (χ4v) is 3.02. The number of hydrogen-bond acceptors (Lipinski definition) is 2. The maximum Gasteiger partial charge on any atom is 0.311 e. The Labute approximate surface area is 161 Å². The second-order valence-corrected chi connectivity index (χ2v) is 6.72. The molecule has 27 heavy (non-hydrogen) atoms. The first-order valence-electron chi connectivity index (χ1n) is 9.65. The Morgan fingerprint density at radius 2 is 1.11 bits per heavy atom. The van der Waals surface area contributed by atoms with E-state index in [2.05, 4.69) is 62.4 Å². The summed E-state index contributed by atoms with van der Waals surface area (Å²) in [5.74, 6) is 0.418. The highest BCUT2D eigenvalue weighted by Crippen LogP contribution is 2.21. The third-order valence-corrected chi connectivity index (χ3v) is 4.83. The van der Waals surface area contributed by atoms with Crippen molar-refractivity contribution in [3.8, 4) is 16.9 Å². The van der Waals surface area contributed by atoms with Crippen molar-refractivity contribution in [3.05, 3.63) is 89.5 Å². The predicted octanol–water partition coefficient (Wildman–Crippen LogP) is 6.02. The molecule has 0 aliphatic rings. The molecule has 3 rings (SSSR count). The smallest absolute Gasteiger partial charge is 0.311 e. The fourth-order valence-electron chi connectivity index (χ4n) is 3.02. The van der Waals surface area contributed by atoms with E-state index in [0.29, 0.717) is 18.6 Å². The number of esters is 1. The summed E-state index contributed by atoms with van der Waals surface area (Å²) in [6.07, 6.45) is 3.09. The lowest BCUT2D eigenvalue weighted by Crippen LogP contribution is -2.09. The van der Waals surface area contributed by atoms with Crippen LogP contribution in [0.25, 0.3) is 11.1 Å². The number of benzene rings is 3. The molecule has 0 saturated heterocycles. The monoisotopic (exact) mass is 358 g/mol. The van der Waals surface area contributed by atoms with E-state index in [4.69, 9.17) is 4.74 Å². The predicted molar refractivity (Wildman–Crippen MR) is 111 cm³/mol. The molecular formula is C25H26O2. The lowest BCUT2D eigenvalue weighted by molar-refractivity contribution is -0.134. The molecule has 0 aromatic heterocycles. The minimum Gasteiger partial charge on any atom is -0.427 e. The molecule has 0 saturated carbocycles. The SMILES string of the molecule is CCc1ccc(OC(=O)CCc2ccc(-c3ccc(CC)cc3)cc2)cc1. The molecule has 0 fully saturated rings. The molecule has 0 atom stereocenters. The first kappa shape index (κ1) is 18.9. The number of carbonyl (C=O) groups excluding carboxylic acids is 1. The van der Waals surface area contributed by atoms with Crippen LogP contribution in [0.2, 0.25) is 0 Å². The molecule has 3 aromatic carbocycles. The molecule has 2 heteroatoms. The molecule has 0 spiro atoms. The maximum atomic E-state index is 12.1. The van der Waals surface area contributed by atoms with Crippen LogP contribution in [0.1, 0.15) is 37.0 Å². The van der Waals surface area contributed by atoms with E-state index in [1.165, 1.54) is 22.3 Å². The van der Waals surface area contributed by atoms with E-state index in [9.17, 15) is 4.79 Å². The van der Waals surface area contributed by atoms with Crippen molar-refractivity contribution in [3.63, 3.8) is 0 Å². The summed E-state index contributed by atoms with van der Waals surface area (Å²) in [6, 6.07) is 24.8. The molecule has 3 aromatic rings. The van der Waals surface area contributed by atoms with Crippen molar-refractivity contribution in [2.24, 2.45) is 0 Å².